The second-order valence-electron chi connectivity index (χ2n) is 2.56. The highest BCUT2D eigenvalue weighted by Gasteiger charge is 2.18. The minimum atomic E-state index is -3.44. The van der Waals surface area contributed by atoms with Gasteiger partial charge in [0.1, 0.15) is 0 Å². The lowest BCUT2D eigenvalue weighted by atomic mass is 10.5. The van der Waals surface area contributed by atoms with E-state index in [9.17, 15) is 8.42 Å². The lowest BCUT2D eigenvalue weighted by Crippen LogP contribution is -2.36. The average Bonchev–Trinajstić information content (AvgIpc) is 2.11. The fourth-order valence-corrected chi connectivity index (χ4v) is 1.43. The van der Waals surface area contributed by atoms with Gasteiger partial charge in [-0.1, -0.05) is 6.92 Å². The maximum absolute atomic E-state index is 11.2. The highest BCUT2D eigenvalue weighted by molar-refractivity contribution is 7.90. The van der Waals surface area contributed by atoms with E-state index in [2.05, 4.69) is 10.0 Å². The van der Waals surface area contributed by atoms with E-state index >= 15 is 0 Å². The largest absolute Gasteiger partial charge is 0.316 e. The number of likely N-dealkylation sites (N-methyl/N-ethyl adjacent to an activating group) is 1. The predicted molar refractivity (Wildman–Crippen MR) is 50.5 cm³/mol. The minimum Gasteiger partial charge on any atom is -0.316 e. The number of hydrogen-bond acceptors (Lipinski definition) is 4. The fraction of sp³-hybridized carbons (Fsp3) is 0.857. The molecule has 0 amide bonds. The van der Waals surface area contributed by atoms with Crippen LogP contribution in [-0.2, 0) is 10.0 Å². The molecule has 13 heavy (non-hydrogen) atoms. The van der Waals surface area contributed by atoms with Gasteiger partial charge < -0.3 is 5.32 Å². The summed E-state index contributed by atoms with van der Waals surface area (Å²) in [6.45, 7) is 4.99. The molecule has 76 valence electrons. The van der Waals surface area contributed by atoms with Crippen molar-refractivity contribution in [2.45, 2.75) is 19.1 Å². The lowest BCUT2D eigenvalue weighted by molar-refractivity contribution is 0.573. The molecule has 1 atom stereocenters. The van der Waals surface area contributed by atoms with Crippen molar-refractivity contribution in [2.24, 2.45) is 0 Å². The molecule has 0 bridgehead atoms. The predicted octanol–water partition coefficient (Wildman–Crippen LogP) is -0.573. The SMILES string of the molecule is CCNCCNS(=O)(=O)C(C)C#N. The standard InChI is InChI=1S/C7H15N3O2S/c1-3-9-4-5-10-13(11,12)7(2)6-8/h7,9-10H,3-5H2,1-2H3. The molecule has 0 fully saturated rings. The molecule has 1 unspecified atom stereocenters. The summed E-state index contributed by atoms with van der Waals surface area (Å²) < 4.78 is 24.7. The first-order valence-electron chi connectivity index (χ1n) is 4.13. The van der Waals surface area contributed by atoms with Crippen molar-refractivity contribution in [3.63, 3.8) is 0 Å². The van der Waals surface area contributed by atoms with E-state index < -0.39 is 15.3 Å². The van der Waals surface area contributed by atoms with Crippen molar-refractivity contribution in [1.29, 1.82) is 5.26 Å². The van der Waals surface area contributed by atoms with Crippen molar-refractivity contribution in [3.05, 3.63) is 0 Å². The first kappa shape index (κ1) is 12.4. The summed E-state index contributed by atoms with van der Waals surface area (Å²) in [7, 11) is -3.44. The second-order valence-corrected chi connectivity index (χ2v) is 4.65. The third-order valence-electron chi connectivity index (χ3n) is 1.50. The van der Waals surface area contributed by atoms with Gasteiger partial charge in [-0.15, -0.1) is 0 Å². The van der Waals surface area contributed by atoms with E-state index in [-0.39, 0.29) is 0 Å². The van der Waals surface area contributed by atoms with Crippen molar-refractivity contribution in [1.82, 2.24) is 10.0 Å². The van der Waals surface area contributed by atoms with Crippen LogP contribution in [0.25, 0.3) is 0 Å². The molecule has 0 aromatic heterocycles. The molecule has 0 saturated heterocycles. The summed E-state index contributed by atoms with van der Waals surface area (Å²) >= 11 is 0. The fourth-order valence-electron chi connectivity index (χ4n) is 0.653. The molecule has 0 rings (SSSR count). The molecule has 0 aliphatic rings. The van der Waals surface area contributed by atoms with Gasteiger partial charge in [0.2, 0.25) is 10.0 Å². The molecular formula is C7H15N3O2S. The summed E-state index contributed by atoms with van der Waals surface area (Å²) in [5, 5.41) is 10.4. The topological polar surface area (TPSA) is 82.0 Å². The number of hydrogen-bond donors (Lipinski definition) is 2. The maximum Gasteiger partial charge on any atom is 0.227 e. The number of nitriles is 1. The molecule has 0 spiro atoms. The van der Waals surface area contributed by atoms with Crippen molar-refractivity contribution >= 4 is 10.0 Å². The summed E-state index contributed by atoms with van der Waals surface area (Å²) in [6.07, 6.45) is 0. The van der Waals surface area contributed by atoms with E-state index in [1.54, 1.807) is 6.07 Å². The Bertz CT molecular complexity index is 268. The number of nitrogens with one attached hydrogen (secondary N) is 2. The van der Waals surface area contributed by atoms with Crippen LogP contribution < -0.4 is 10.0 Å². The van der Waals surface area contributed by atoms with Crippen LogP contribution in [0.5, 0.6) is 0 Å². The molecule has 0 heterocycles. The van der Waals surface area contributed by atoms with Crippen molar-refractivity contribution in [3.8, 4) is 6.07 Å². The van der Waals surface area contributed by atoms with Crippen molar-refractivity contribution < 1.29 is 8.42 Å². The van der Waals surface area contributed by atoms with Crippen molar-refractivity contribution in [2.75, 3.05) is 19.6 Å². The Labute approximate surface area is 79.2 Å². The van der Waals surface area contributed by atoms with E-state index in [1.165, 1.54) is 6.92 Å². The molecule has 5 nitrogen and oxygen atoms in total. The van der Waals surface area contributed by atoms with E-state index in [1.807, 2.05) is 6.92 Å². The van der Waals surface area contributed by atoms with Crippen LogP contribution in [0.1, 0.15) is 13.8 Å². The smallest absolute Gasteiger partial charge is 0.227 e. The molecule has 0 saturated carbocycles. The van der Waals surface area contributed by atoms with Crippen LogP contribution in [0.15, 0.2) is 0 Å². The van der Waals surface area contributed by atoms with Crippen LogP contribution in [-0.4, -0.2) is 33.3 Å². The van der Waals surface area contributed by atoms with Gasteiger partial charge >= 0.3 is 0 Å². The van der Waals surface area contributed by atoms with E-state index in [0.717, 1.165) is 6.54 Å². The zero-order valence-electron chi connectivity index (χ0n) is 7.87. The number of nitrogens with zero attached hydrogens (tertiary/aromatic N) is 1. The van der Waals surface area contributed by atoms with Crippen LogP contribution in [0.3, 0.4) is 0 Å². The lowest BCUT2D eigenvalue weighted by Gasteiger charge is -2.07. The maximum atomic E-state index is 11.2. The summed E-state index contributed by atoms with van der Waals surface area (Å²) in [5.41, 5.74) is 0. The molecule has 0 aliphatic heterocycles. The molecule has 0 aromatic carbocycles. The van der Waals surface area contributed by atoms with Gasteiger partial charge in [-0.25, -0.2) is 13.1 Å². The Hall–Kier alpha value is -0.640. The highest BCUT2D eigenvalue weighted by atomic mass is 32.2. The van der Waals surface area contributed by atoms with Crippen LogP contribution in [0, 0.1) is 11.3 Å². The molecule has 0 aliphatic carbocycles. The van der Waals surface area contributed by atoms with E-state index in [0.29, 0.717) is 13.1 Å². The van der Waals surface area contributed by atoms with E-state index in [4.69, 9.17) is 5.26 Å². The van der Waals surface area contributed by atoms with Crippen LogP contribution >= 0.6 is 0 Å². The van der Waals surface area contributed by atoms with Gasteiger partial charge in [0.05, 0.1) is 6.07 Å². The number of sulfonamides is 1. The third-order valence-corrected chi connectivity index (χ3v) is 3.15. The molecule has 0 aromatic rings. The van der Waals surface area contributed by atoms with Gasteiger partial charge in [-0.05, 0) is 13.5 Å². The van der Waals surface area contributed by atoms with Crippen LogP contribution in [0.2, 0.25) is 0 Å². The second kappa shape index (κ2) is 5.91. The van der Waals surface area contributed by atoms with Gasteiger partial charge in [-0.3, -0.25) is 0 Å². The molecule has 0 radical (unpaired) electrons. The zero-order valence-corrected chi connectivity index (χ0v) is 8.69. The summed E-state index contributed by atoms with van der Waals surface area (Å²) in [4.78, 5) is 0. The summed E-state index contributed by atoms with van der Waals surface area (Å²) in [5.74, 6) is 0. The first-order valence-corrected chi connectivity index (χ1v) is 5.68. The van der Waals surface area contributed by atoms with Gasteiger partial charge in [-0.2, -0.15) is 5.26 Å². The molecule has 2 N–H and O–H groups in total. The number of rotatable bonds is 6. The quantitative estimate of drug-likeness (QED) is 0.569. The van der Waals surface area contributed by atoms with Gasteiger partial charge in [0.25, 0.3) is 0 Å². The Morgan fingerprint density at radius 3 is 2.54 bits per heavy atom. The van der Waals surface area contributed by atoms with Gasteiger partial charge in [0, 0.05) is 13.1 Å². The Balaban J connectivity index is 3.86. The third kappa shape index (κ3) is 4.83. The first-order chi connectivity index (χ1) is 6.04. The molecule has 6 heteroatoms. The Morgan fingerprint density at radius 1 is 1.46 bits per heavy atom. The Morgan fingerprint density at radius 2 is 2.08 bits per heavy atom. The monoisotopic (exact) mass is 205 g/mol. The normalized spacial score (nSPS) is 13.6. The van der Waals surface area contributed by atoms with Gasteiger partial charge in [0.15, 0.2) is 5.25 Å². The summed E-state index contributed by atoms with van der Waals surface area (Å²) in [6, 6.07) is 1.68. The van der Waals surface area contributed by atoms with Crippen LogP contribution in [0.4, 0.5) is 0 Å². The minimum absolute atomic E-state index is 0.322. The average molecular weight is 205 g/mol. The highest BCUT2D eigenvalue weighted by Crippen LogP contribution is 1.94. The zero-order chi connectivity index (χ0) is 10.3. The Kier molecular flexibility index (Phi) is 5.62. The molecular weight excluding hydrogens is 190 g/mol.